The summed E-state index contributed by atoms with van der Waals surface area (Å²) in [5.74, 6) is -1.28. The average molecular weight is 484 g/mol. The maximum atomic E-state index is 14.2. The van der Waals surface area contributed by atoms with E-state index < -0.39 is 21.7 Å². The zero-order valence-corrected chi connectivity index (χ0v) is 18.8. The number of carbonyl (C=O) groups excluding carboxylic acids is 1. The van der Waals surface area contributed by atoms with Gasteiger partial charge in [-0.1, -0.05) is 11.6 Å². The molecule has 0 atom stereocenters. The molecular weight excluding hydrogens is 461 g/mol. The van der Waals surface area contributed by atoms with E-state index >= 15 is 0 Å². The van der Waals surface area contributed by atoms with Gasteiger partial charge in [0.05, 0.1) is 42.6 Å². The van der Waals surface area contributed by atoms with Crippen molar-refractivity contribution in [3.05, 3.63) is 52.8 Å². The highest BCUT2D eigenvalue weighted by Crippen LogP contribution is 2.29. The van der Waals surface area contributed by atoms with Crippen molar-refractivity contribution in [3.8, 4) is 0 Å². The fourth-order valence-electron chi connectivity index (χ4n) is 3.66. The third-order valence-electron chi connectivity index (χ3n) is 5.35. The standard InChI is InChI=1S/C21H23ClFN3O5S/c22-15-1-3-18(23)19(13-15)24-21(27)17-14-16(32(28,29)26-7-11-31-12-8-26)2-4-20(17)25-5-9-30-10-6-25/h1-4,13-14H,5-12H2,(H,24,27). The number of carbonyl (C=O) groups is 1. The number of hydrogen-bond acceptors (Lipinski definition) is 6. The molecule has 2 heterocycles. The van der Waals surface area contributed by atoms with Crippen LogP contribution >= 0.6 is 11.6 Å². The fourth-order valence-corrected chi connectivity index (χ4v) is 5.26. The van der Waals surface area contributed by atoms with E-state index in [0.717, 1.165) is 6.07 Å². The molecule has 2 aromatic carbocycles. The normalized spacial score (nSPS) is 17.9. The van der Waals surface area contributed by atoms with Gasteiger partial charge < -0.3 is 19.7 Å². The molecule has 1 N–H and O–H groups in total. The first-order chi connectivity index (χ1) is 15.4. The van der Waals surface area contributed by atoms with Gasteiger partial charge in [-0.3, -0.25) is 4.79 Å². The van der Waals surface area contributed by atoms with Crippen molar-refractivity contribution in [3.63, 3.8) is 0 Å². The predicted molar refractivity (Wildman–Crippen MR) is 118 cm³/mol. The molecule has 0 radical (unpaired) electrons. The lowest BCUT2D eigenvalue weighted by Crippen LogP contribution is -2.41. The van der Waals surface area contributed by atoms with Crippen molar-refractivity contribution in [1.82, 2.24) is 4.31 Å². The van der Waals surface area contributed by atoms with E-state index in [9.17, 15) is 17.6 Å². The molecule has 0 unspecified atom stereocenters. The summed E-state index contributed by atoms with van der Waals surface area (Å²) in [6.45, 7) is 3.16. The van der Waals surface area contributed by atoms with Crippen LogP contribution in [-0.4, -0.2) is 71.2 Å². The lowest BCUT2D eigenvalue weighted by Gasteiger charge is -2.31. The highest BCUT2D eigenvalue weighted by Gasteiger charge is 2.29. The highest BCUT2D eigenvalue weighted by atomic mass is 35.5. The number of ether oxygens (including phenoxy) is 2. The van der Waals surface area contributed by atoms with Gasteiger partial charge in [0, 0.05) is 36.9 Å². The summed E-state index contributed by atoms with van der Waals surface area (Å²) in [7, 11) is -3.82. The van der Waals surface area contributed by atoms with Crippen LogP contribution in [0.1, 0.15) is 10.4 Å². The Morgan fingerprint density at radius 3 is 2.31 bits per heavy atom. The van der Waals surface area contributed by atoms with Crippen LogP contribution in [0.2, 0.25) is 5.02 Å². The van der Waals surface area contributed by atoms with Gasteiger partial charge in [0.2, 0.25) is 10.0 Å². The number of nitrogens with one attached hydrogen (secondary N) is 1. The van der Waals surface area contributed by atoms with Crippen molar-refractivity contribution >= 4 is 38.9 Å². The Hall–Kier alpha value is -2.24. The van der Waals surface area contributed by atoms with E-state index in [2.05, 4.69) is 5.32 Å². The maximum Gasteiger partial charge on any atom is 0.257 e. The minimum atomic E-state index is -3.82. The van der Waals surface area contributed by atoms with Crippen LogP contribution in [0.4, 0.5) is 15.8 Å². The number of amides is 1. The largest absolute Gasteiger partial charge is 0.379 e. The Balaban J connectivity index is 1.72. The molecule has 2 aliphatic heterocycles. The Morgan fingerprint density at radius 2 is 1.62 bits per heavy atom. The summed E-state index contributed by atoms with van der Waals surface area (Å²) >= 11 is 5.94. The lowest BCUT2D eigenvalue weighted by molar-refractivity contribution is 0.0730. The van der Waals surface area contributed by atoms with Crippen molar-refractivity contribution < 1.29 is 27.1 Å². The van der Waals surface area contributed by atoms with E-state index in [0.29, 0.717) is 45.2 Å². The van der Waals surface area contributed by atoms with Crippen LogP contribution in [0.5, 0.6) is 0 Å². The Morgan fingerprint density at radius 1 is 0.969 bits per heavy atom. The minimum absolute atomic E-state index is 0.00637. The second-order valence-corrected chi connectivity index (χ2v) is 9.75. The van der Waals surface area contributed by atoms with E-state index in [1.807, 2.05) is 4.90 Å². The fraction of sp³-hybridized carbons (Fsp3) is 0.381. The number of hydrogen-bond donors (Lipinski definition) is 1. The Kier molecular flexibility index (Phi) is 6.96. The zero-order valence-electron chi connectivity index (χ0n) is 17.2. The van der Waals surface area contributed by atoms with E-state index in [4.69, 9.17) is 21.1 Å². The predicted octanol–water partition coefficient (Wildman–Crippen LogP) is 2.59. The van der Waals surface area contributed by atoms with Gasteiger partial charge in [-0.2, -0.15) is 4.31 Å². The quantitative estimate of drug-likeness (QED) is 0.703. The molecule has 32 heavy (non-hydrogen) atoms. The molecule has 0 saturated carbocycles. The third kappa shape index (κ3) is 4.89. The molecule has 11 heteroatoms. The summed E-state index contributed by atoms with van der Waals surface area (Å²) in [4.78, 5) is 15.1. The second-order valence-electron chi connectivity index (χ2n) is 7.37. The molecular formula is C21H23ClFN3O5S. The van der Waals surface area contributed by atoms with Gasteiger partial charge in [0.15, 0.2) is 0 Å². The number of sulfonamides is 1. The van der Waals surface area contributed by atoms with E-state index in [-0.39, 0.29) is 34.3 Å². The molecule has 172 valence electrons. The molecule has 0 aliphatic carbocycles. The van der Waals surface area contributed by atoms with Gasteiger partial charge in [-0.05, 0) is 36.4 Å². The monoisotopic (exact) mass is 483 g/mol. The molecule has 8 nitrogen and oxygen atoms in total. The highest BCUT2D eigenvalue weighted by molar-refractivity contribution is 7.89. The minimum Gasteiger partial charge on any atom is -0.379 e. The molecule has 1 amide bonds. The number of rotatable bonds is 5. The van der Waals surface area contributed by atoms with Gasteiger partial charge >= 0.3 is 0 Å². The molecule has 0 bridgehead atoms. The van der Waals surface area contributed by atoms with Crippen molar-refractivity contribution in [2.24, 2.45) is 0 Å². The van der Waals surface area contributed by atoms with Gasteiger partial charge in [0.25, 0.3) is 5.91 Å². The van der Waals surface area contributed by atoms with Gasteiger partial charge in [-0.25, -0.2) is 12.8 Å². The van der Waals surface area contributed by atoms with E-state index in [1.165, 1.54) is 28.6 Å². The number of halogens is 2. The van der Waals surface area contributed by atoms with E-state index in [1.54, 1.807) is 6.07 Å². The molecule has 2 saturated heterocycles. The molecule has 4 rings (SSSR count). The SMILES string of the molecule is O=C(Nc1cc(Cl)ccc1F)c1cc(S(=O)(=O)N2CCOCC2)ccc1N1CCOCC1. The first-order valence-corrected chi connectivity index (χ1v) is 12.0. The van der Waals surface area contributed by atoms with Crippen LogP contribution in [0.25, 0.3) is 0 Å². The molecule has 0 aromatic heterocycles. The zero-order chi connectivity index (χ0) is 22.7. The lowest BCUT2D eigenvalue weighted by atomic mass is 10.1. The third-order valence-corrected chi connectivity index (χ3v) is 7.48. The number of anilines is 2. The van der Waals surface area contributed by atoms with Crippen molar-refractivity contribution in [2.45, 2.75) is 4.90 Å². The second kappa shape index (κ2) is 9.72. The Bertz CT molecular complexity index is 1100. The van der Waals surface area contributed by atoms with Gasteiger partial charge in [-0.15, -0.1) is 0 Å². The number of nitrogens with zero attached hydrogens (tertiary/aromatic N) is 2. The van der Waals surface area contributed by atoms with Crippen molar-refractivity contribution in [2.75, 3.05) is 62.8 Å². The van der Waals surface area contributed by atoms with Crippen LogP contribution in [-0.2, 0) is 19.5 Å². The van der Waals surface area contributed by atoms with Crippen LogP contribution in [0.3, 0.4) is 0 Å². The molecule has 2 fully saturated rings. The van der Waals surface area contributed by atoms with Crippen molar-refractivity contribution in [1.29, 1.82) is 0 Å². The smallest absolute Gasteiger partial charge is 0.257 e. The number of benzene rings is 2. The topological polar surface area (TPSA) is 88.2 Å². The molecule has 0 spiro atoms. The summed E-state index contributed by atoms with van der Waals surface area (Å²) < 4.78 is 52.4. The van der Waals surface area contributed by atoms with Crippen LogP contribution < -0.4 is 10.2 Å². The maximum absolute atomic E-state index is 14.2. The average Bonchev–Trinajstić information content (AvgIpc) is 2.82. The summed E-state index contributed by atoms with van der Waals surface area (Å²) in [6, 6.07) is 8.28. The first-order valence-electron chi connectivity index (χ1n) is 10.2. The Labute approximate surface area is 190 Å². The van der Waals surface area contributed by atoms with Crippen LogP contribution in [0.15, 0.2) is 41.3 Å². The molecule has 2 aliphatic rings. The number of morpholine rings is 2. The summed E-state index contributed by atoms with van der Waals surface area (Å²) in [5.41, 5.74) is 0.589. The van der Waals surface area contributed by atoms with Gasteiger partial charge in [0.1, 0.15) is 5.82 Å². The van der Waals surface area contributed by atoms with Crippen LogP contribution in [0, 0.1) is 5.82 Å². The first kappa shape index (κ1) is 22.9. The summed E-state index contributed by atoms with van der Waals surface area (Å²) in [6.07, 6.45) is 0. The summed E-state index contributed by atoms with van der Waals surface area (Å²) in [5, 5.41) is 2.78. The molecule has 2 aromatic rings.